The summed E-state index contributed by atoms with van der Waals surface area (Å²) in [4.78, 5) is 31.9. The van der Waals surface area contributed by atoms with Crippen molar-refractivity contribution in [3.63, 3.8) is 0 Å². The number of furan rings is 1. The molecular weight excluding hydrogens is 276 g/mol. The molecule has 0 aliphatic carbocycles. The van der Waals surface area contributed by atoms with E-state index in [2.05, 4.69) is 9.73 Å². The predicted molar refractivity (Wildman–Crippen MR) is 62.0 cm³/mol. The number of hydrogen-bond donors (Lipinski definition) is 1. The van der Waals surface area contributed by atoms with Crippen LogP contribution in [0.2, 0.25) is 0 Å². The van der Waals surface area contributed by atoms with Crippen molar-refractivity contribution in [3.8, 4) is 0 Å². The van der Waals surface area contributed by atoms with Gasteiger partial charge in [0.2, 0.25) is 0 Å². The van der Waals surface area contributed by atoms with Crippen LogP contribution >= 0.6 is 11.3 Å². The van der Waals surface area contributed by atoms with Gasteiger partial charge < -0.3 is 19.6 Å². The Bertz CT molecular complexity index is 659. The highest BCUT2D eigenvalue weighted by Crippen LogP contribution is 2.23. The van der Waals surface area contributed by atoms with Crippen LogP contribution in [0.25, 0.3) is 0 Å². The van der Waals surface area contributed by atoms with E-state index in [0.29, 0.717) is 0 Å². The summed E-state index contributed by atoms with van der Waals surface area (Å²) in [6.07, 6.45) is 0. The molecule has 0 radical (unpaired) electrons. The van der Waals surface area contributed by atoms with Crippen LogP contribution in [0.5, 0.6) is 0 Å². The Morgan fingerprint density at radius 2 is 2.05 bits per heavy atom. The summed E-state index contributed by atoms with van der Waals surface area (Å²) in [5, 5.41) is 24.9. The molecule has 0 aromatic carbocycles. The van der Waals surface area contributed by atoms with E-state index in [1.54, 1.807) is 0 Å². The molecule has 0 aliphatic heterocycles. The molecule has 2 aromatic rings. The molecule has 9 heteroatoms. The smallest absolute Gasteiger partial charge is 0.433 e. The van der Waals surface area contributed by atoms with E-state index in [1.165, 1.54) is 11.4 Å². The Morgan fingerprint density at radius 1 is 1.32 bits per heavy atom. The molecule has 98 valence electrons. The van der Waals surface area contributed by atoms with Gasteiger partial charge in [-0.15, -0.1) is 11.3 Å². The number of nitro groups is 1. The lowest BCUT2D eigenvalue weighted by molar-refractivity contribution is -0.402. The number of nitrogens with one attached hydrogen (secondary N) is 1. The quantitative estimate of drug-likeness (QED) is 0.654. The molecule has 0 atom stereocenters. The van der Waals surface area contributed by atoms with Crippen LogP contribution < -0.4 is 10.4 Å². The number of nitrogens with zero attached hydrogens (tertiary/aromatic N) is 1. The summed E-state index contributed by atoms with van der Waals surface area (Å²) < 4.78 is 4.69. The lowest BCUT2D eigenvalue weighted by Crippen LogP contribution is -2.23. The lowest BCUT2D eigenvalue weighted by Gasteiger charge is -2.04. The first-order valence-electron chi connectivity index (χ1n) is 4.83. The van der Waals surface area contributed by atoms with Crippen LogP contribution in [-0.2, 0) is 0 Å². The molecule has 1 N–H and O–H groups in total. The lowest BCUT2D eigenvalue weighted by atomic mass is 10.3. The molecular formula is C10H5N2O6S-. The van der Waals surface area contributed by atoms with Crippen molar-refractivity contribution in [1.29, 1.82) is 0 Å². The molecule has 8 nitrogen and oxygen atoms in total. The number of rotatable bonds is 4. The number of carbonyl (C=O) groups is 2. The van der Waals surface area contributed by atoms with Gasteiger partial charge in [0.05, 0.1) is 22.6 Å². The molecule has 0 bridgehead atoms. The average molecular weight is 281 g/mol. The fourth-order valence-electron chi connectivity index (χ4n) is 1.30. The summed E-state index contributed by atoms with van der Waals surface area (Å²) in [5.74, 6) is -3.07. The van der Waals surface area contributed by atoms with Crippen molar-refractivity contribution in [2.75, 3.05) is 5.32 Å². The van der Waals surface area contributed by atoms with E-state index in [-0.39, 0.29) is 16.3 Å². The number of amides is 1. The number of aromatic carboxylic acids is 1. The van der Waals surface area contributed by atoms with E-state index < -0.39 is 22.7 Å². The Hall–Kier alpha value is -2.68. The number of carboxylic acid groups (broad SMARTS) is 1. The standard InChI is InChI=1S/C10H6N2O6S/c13-9(6-1-2-7(18-6)12(16)17)11-5-3-4-19-8(5)10(14)15/h1-4H,(H,11,13)(H,14,15)/p-1. The van der Waals surface area contributed by atoms with Gasteiger partial charge >= 0.3 is 5.88 Å². The minimum atomic E-state index is -1.42. The number of thiophene rings is 1. The SMILES string of the molecule is O=C(Nc1ccsc1C(=O)[O-])c1ccc([N+](=O)[O-])o1. The highest BCUT2D eigenvalue weighted by atomic mass is 32.1. The number of anilines is 1. The topological polar surface area (TPSA) is 126 Å². The minimum Gasteiger partial charge on any atom is -0.544 e. The van der Waals surface area contributed by atoms with Gasteiger partial charge in [-0.1, -0.05) is 0 Å². The average Bonchev–Trinajstić information content (AvgIpc) is 2.96. The van der Waals surface area contributed by atoms with Crippen LogP contribution in [0.4, 0.5) is 11.6 Å². The first kappa shape index (κ1) is 12.8. The van der Waals surface area contributed by atoms with Crippen molar-refractivity contribution >= 4 is 34.8 Å². The van der Waals surface area contributed by atoms with Crippen molar-refractivity contribution in [3.05, 3.63) is 44.3 Å². The third-order valence-corrected chi connectivity index (χ3v) is 2.99. The first-order chi connectivity index (χ1) is 8.99. The Balaban J connectivity index is 2.18. The van der Waals surface area contributed by atoms with Crippen LogP contribution in [0.1, 0.15) is 20.2 Å². The molecule has 0 saturated carbocycles. The van der Waals surface area contributed by atoms with Crippen LogP contribution in [0, 0.1) is 10.1 Å². The minimum absolute atomic E-state index is 0.0500. The van der Waals surface area contributed by atoms with Crippen molar-refractivity contribution in [2.24, 2.45) is 0 Å². The summed E-state index contributed by atoms with van der Waals surface area (Å²) in [6, 6.07) is 3.53. The van der Waals surface area contributed by atoms with Crippen LogP contribution in [0.15, 0.2) is 28.0 Å². The van der Waals surface area contributed by atoms with E-state index in [4.69, 9.17) is 0 Å². The Kier molecular flexibility index (Phi) is 3.29. The third-order valence-electron chi connectivity index (χ3n) is 2.09. The van der Waals surface area contributed by atoms with Crippen molar-refractivity contribution in [1.82, 2.24) is 0 Å². The fourth-order valence-corrected chi connectivity index (χ4v) is 1.98. The molecule has 2 aromatic heterocycles. The molecule has 0 fully saturated rings. The normalized spacial score (nSPS) is 10.1. The third kappa shape index (κ3) is 2.60. The van der Waals surface area contributed by atoms with Gasteiger partial charge in [0.25, 0.3) is 5.91 Å². The Labute approximate surface area is 109 Å². The summed E-state index contributed by atoms with van der Waals surface area (Å²) in [7, 11) is 0. The maximum atomic E-state index is 11.7. The largest absolute Gasteiger partial charge is 0.544 e. The highest BCUT2D eigenvalue weighted by Gasteiger charge is 2.18. The van der Waals surface area contributed by atoms with Gasteiger partial charge in [-0.05, 0) is 17.5 Å². The second-order valence-corrected chi connectivity index (χ2v) is 4.22. The van der Waals surface area contributed by atoms with E-state index in [9.17, 15) is 24.8 Å². The highest BCUT2D eigenvalue weighted by molar-refractivity contribution is 7.12. The zero-order valence-electron chi connectivity index (χ0n) is 9.11. The van der Waals surface area contributed by atoms with Crippen LogP contribution in [0.3, 0.4) is 0 Å². The number of carboxylic acids is 1. The van der Waals surface area contributed by atoms with Crippen molar-refractivity contribution < 1.29 is 24.0 Å². The maximum absolute atomic E-state index is 11.7. The molecule has 2 heterocycles. The van der Waals surface area contributed by atoms with E-state index in [0.717, 1.165) is 23.5 Å². The van der Waals surface area contributed by atoms with Gasteiger partial charge in [0, 0.05) is 0 Å². The second-order valence-electron chi connectivity index (χ2n) is 3.30. The van der Waals surface area contributed by atoms with E-state index in [1.807, 2.05) is 0 Å². The molecule has 0 spiro atoms. The Morgan fingerprint density at radius 3 is 2.63 bits per heavy atom. The summed E-state index contributed by atoms with van der Waals surface area (Å²) >= 11 is 0.889. The van der Waals surface area contributed by atoms with Gasteiger partial charge in [0.1, 0.15) is 4.92 Å². The van der Waals surface area contributed by atoms with Crippen molar-refractivity contribution in [2.45, 2.75) is 0 Å². The van der Waals surface area contributed by atoms with E-state index >= 15 is 0 Å². The van der Waals surface area contributed by atoms with Gasteiger partial charge in [-0.25, -0.2) is 0 Å². The summed E-state index contributed by atoms with van der Waals surface area (Å²) in [5.41, 5.74) is 0.0500. The first-order valence-corrected chi connectivity index (χ1v) is 5.71. The number of carbonyl (C=O) groups excluding carboxylic acids is 2. The molecule has 0 aliphatic rings. The molecule has 0 saturated heterocycles. The van der Waals surface area contributed by atoms with Crippen LogP contribution in [-0.4, -0.2) is 16.8 Å². The summed E-state index contributed by atoms with van der Waals surface area (Å²) in [6.45, 7) is 0. The molecule has 19 heavy (non-hydrogen) atoms. The van der Waals surface area contributed by atoms with Gasteiger partial charge in [0.15, 0.2) is 5.76 Å². The fraction of sp³-hybridized carbons (Fsp3) is 0. The number of hydrogen-bond acceptors (Lipinski definition) is 7. The molecule has 0 unspecified atom stereocenters. The maximum Gasteiger partial charge on any atom is 0.433 e. The zero-order valence-corrected chi connectivity index (χ0v) is 9.93. The molecule has 2 rings (SSSR count). The zero-order chi connectivity index (χ0) is 14.0. The molecule has 1 amide bonds. The van der Waals surface area contributed by atoms with Gasteiger partial charge in [-0.2, -0.15) is 0 Å². The second kappa shape index (κ2) is 4.90. The predicted octanol–water partition coefficient (Wildman–Crippen LogP) is 0.865. The van der Waals surface area contributed by atoms with Gasteiger partial charge in [-0.3, -0.25) is 14.9 Å². The monoisotopic (exact) mass is 281 g/mol.